The highest BCUT2D eigenvalue weighted by molar-refractivity contribution is 5.39. The van der Waals surface area contributed by atoms with Crippen LogP contribution in [0.5, 0.6) is 0 Å². The molecule has 0 spiro atoms. The van der Waals surface area contributed by atoms with Crippen LogP contribution in [0.15, 0.2) is 42.5 Å². The van der Waals surface area contributed by atoms with Gasteiger partial charge in [0, 0.05) is 5.56 Å². The Morgan fingerprint density at radius 2 is 1.88 bits per heavy atom. The topological polar surface area (TPSA) is 0 Å². The number of hydrogen-bond acceptors (Lipinski definition) is 0. The summed E-state index contributed by atoms with van der Waals surface area (Å²) < 4.78 is 0. The Morgan fingerprint density at radius 3 is 2.56 bits per heavy atom. The minimum atomic E-state index is 1.04. The van der Waals surface area contributed by atoms with Crippen LogP contribution in [0.2, 0.25) is 0 Å². The molecule has 0 saturated carbocycles. The molecule has 0 nitrogen and oxygen atoms in total. The maximum Gasteiger partial charge on any atom is 0.0248 e. The van der Waals surface area contributed by atoms with Crippen LogP contribution in [0, 0.1) is 11.8 Å². The van der Waals surface area contributed by atoms with Crippen molar-refractivity contribution in [3.05, 3.63) is 48.0 Å². The summed E-state index contributed by atoms with van der Waals surface area (Å²) >= 11 is 0. The molecule has 0 aliphatic heterocycles. The number of benzene rings is 1. The first-order valence-corrected chi connectivity index (χ1v) is 6.07. The van der Waals surface area contributed by atoms with Crippen LogP contribution >= 0.6 is 0 Å². The zero-order valence-corrected chi connectivity index (χ0v) is 10.1. The molecule has 1 rings (SSSR count). The van der Waals surface area contributed by atoms with Gasteiger partial charge in [-0.1, -0.05) is 62.8 Å². The van der Waals surface area contributed by atoms with Gasteiger partial charge in [0.15, 0.2) is 0 Å². The summed E-state index contributed by atoms with van der Waals surface area (Å²) in [4.78, 5) is 0. The molecule has 0 fully saturated rings. The van der Waals surface area contributed by atoms with Gasteiger partial charge < -0.3 is 0 Å². The molecule has 1 aromatic carbocycles. The van der Waals surface area contributed by atoms with E-state index in [1.807, 2.05) is 30.3 Å². The molecule has 0 heterocycles. The monoisotopic (exact) mass is 212 g/mol. The molecule has 84 valence electrons. The lowest BCUT2D eigenvalue weighted by Gasteiger charge is -1.97. The highest BCUT2D eigenvalue weighted by Gasteiger charge is 1.90. The summed E-state index contributed by atoms with van der Waals surface area (Å²) in [7, 11) is 0. The lowest BCUT2D eigenvalue weighted by atomic mass is 10.1. The van der Waals surface area contributed by atoms with Crippen LogP contribution < -0.4 is 0 Å². The van der Waals surface area contributed by atoms with E-state index in [4.69, 9.17) is 0 Å². The molecule has 0 radical (unpaired) electrons. The first-order valence-electron chi connectivity index (χ1n) is 6.07. The van der Waals surface area contributed by atoms with E-state index >= 15 is 0 Å². The van der Waals surface area contributed by atoms with E-state index in [2.05, 4.69) is 25.3 Å². The van der Waals surface area contributed by atoms with Gasteiger partial charge in [-0.15, -0.1) is 0 Å². The van der Waals surface area contributed by atoms with Crippen LogP contribution in [0.25, 0.3) is 0 Å². The molecule has 0 aliphatic rings. The Morgan fingerprint density at radius 1 is 1.12 bits per heavy atom. The number of allylic oxidation sites excluding steroid dienone is 1. The molecule has 0 heteroatoms. The average Bonchev–Trinajstić information content (AvgIpc) is 2.33. The van der Waals surface area contributed by atoms with Gasteiger partial charge in [-0.2, -0.15) is 0 Å². The summed E-state index contributed by atoms with van der Waals surface area (Å²) in [5.41, 5.74) is 2.12. The normalized spacial score (nSPS) is 9.31. The second-order valence-corrected chi connectivity index (χ2v) is 4.03. The predicted octanol–water partition coefficient (Wildman–Crippen LogP) is 4.56. The van der Waals surface area contributed by atoms with Gasteiger partial charge in [-0.25, -0.2) is 0 Å². The summed E-state index contributed by atoms with van der Waals surface area (Å²) in [5.74, 6) is 6.27. The molecular formula is C16H20. The highest BCUT2D eigenvalue weighted by Crippen LogP contribution is 2.07. The SMILES string of the molecule is C=C(C#Cc1ccccc1)CCCCCC. The molecule has 0 aromatic heterocycles. The second-order valence-electron chi connectivity index (χ2n) is 4.03. The van der Waals surface area contributed by atoms with Crippen molar-refractivity contribution in [3.8, 4) is 11.8 Å². The number of unbranched alkanes of at least 4 members (excludes halogenated alkanes) is 3. The van der Waals surface area contributed by atoms with E-state index in [1.54, 1.807) is 0 Å². The Balaban J connectivity index is 2.32. The fraction of sp³-hybridized carbons (Fsp3) is 0.375. The third-order valence-corrected chi connectivity index (χ3v) is 2.49. The highest BCUT2D eigenvalue weighted by atomic mass is 14.0. The Labute approximate surface area is 99.4 Å². The summed E-state index contributed by atoms with van der Waals surface area (Å²) in [6.07, 6.45) is 6.15. The van der Waals surface area contributed by atoms with Crippen LogP contribution in [0.4, 0.5) is 0 Å². The van der Waals surface area contributed by atoms with Gasteiger partial charge in [0.2, 0.25) is 0 Å². The van der Waals surface area contributed by atoms with E-state index in [0.717, 1.165) is 17.6 Å². The van der Waals surface area contributed by atoms with E-state index in [9.17, 15) is 0 Å². The Kier molecular flexibility index (Phi) is 6.11. The van der Waals surface area contributed by atoms with Crippen molar-refractivity contribution in [2.24, 2.45) is 0 Å². The smallest absolute Gasteiger partial charge is 0.0248 e. The van der Waals surface area contributed by atoms with Crippen LogP contribution in [-0.2, 0) is 0 Å². The second kappa shape index (κ2) is 7.77. The predicted molar refractivity (Wildman–Crippen MR) is 71.2 cm³/mol. The van der Waals surface area contributed by atoms with Crippen molar-refractivity contribution in [2.75, 3.05) is 0 Å². The maximum absolute atomic E-state index is 3.99. The molecule has 0 aliphatic carbocycles. The molecule has 0 amide bonds. The summed E-state index contributed by atoms with van der Waals surface area (Å²) in [5, 5.41) is 0. The van der Waals surface area contributed by atoms with Crippen LogP contribution in [0.3, 0.4) is 0 Å². The molecule has 0 unspecified atom stereocenters. The average molecular weight is 212 g/mol. The maximum atomic E-state index is 3.99. The number of rotatable bonds is 5. The molecule has 0 bridgehead atoms. The summed E-state index contributed by atoms with van der Waals surface area (Å²) in [6.45, 7) is 6.22. The van der Waals surface area contributed by atoms with E-state index in [-0.39, 0.29) is 0 Å². The zero-order valence-electron chi connectivity index (χ0n) is 10.1. The molecule has 0 N–H and O–H groups in total. The minimum Gasteiger partial charge on any atom is -0.0874 e. The molecule has 0 atom stereocenters. The molecule has 16 heavy (non-hydrogen) atoms. The quantitative estimate of drug-likeness (QED) is 0.495. The summed E-state index contributed by atoms with van der Waals surface area (Å²) in [6, 6.07) is 10.1. The Hall–Kier alpha value is -1.48. The van der Waals surface area contributed by atoms with Gasteiger partial charge in [0.25, 0.3) is 0 Å². The first-order chi connectivity index (χ1) is 7.83. The van der Waals surface area contributed by atoms with Gasteiger partial charge in [-0.05, 0) is 30.5 Å². The first kappa shape index (κ1) is 12.6. The van der Waals surface area contributed by atoms with Gasteiger partial charge in [-0.3, -0.25) is 0 Å². The third kappa shape index (κ3) is 5.41. The fourth-order valence-corrected chi connectivity index (χ4v) is 1.51. The van der Waals surface area contributed by atoms with Crippen LogP contribution in [-0.4, -0.2) is 0 Å². The van der Waals surface area contributed by atoms with Crippen molar-refractivity contribution in [2.45, 2.75) is 39.0 Å². The van der Waals surface area contributed by atoms with Crippen molar-refractivity contribution in [1.29, 1.82) is 0 Å². The lowest BCUT2D eigenvalue weighted by molar-refractivity contribution is 0.670. The van der Waals surface area contributed by atoms with Crippen molar-refractivity contribution >= 4 is 0 Å². The van der Waals surface area contributed by atoms with Crippen molar-refractivity contribution < 1.29 is 0 Å². The standard InChI is InChI=1S/C16H20/c1-3-4-5-7-10-15(2)13-14-16-11-8-6-9-12-16/h6,8-9,11-12H,2-5,7,10H2,1H3. The third-order valence-electron chi connectivity index (χ3n) is 2.49. The molecule has 0 saturated heterocycles. The molecular weight excluding hydrogens is 192 g/mol. The van der Waals surface area contributed by atoms with E-state index in [1.165, 1.54) is 25.7 Å². The minimum absolute atomic E-state index is 1.04. The van der Waals surface area contributed by atoms with Crippen molar-refractivity contribution in [1.82, 2.24) is 0 Å². The largest absolute Gasteiger partial charge is 0.0874 e. The van der Waals surface area contributed by atoms with Gasteiger partial charge in [0.1, 0.15) is 0 Å². The van der Waals surface area contributed by atoms with Crippen LogP contribution in [0.1, 0.15) is 44.6 Å². The van der Waals surface area contributed by atoms with Gasteiger partial charge >= 0.3 is 0 Å². The van der Waals surface area contributed by atoms with Gasteiger partial charge in [0.05, 0.1) is 0 Å². The lowest BCUT2D eigenvalue weighted by Crippen LogP contribution is -1.80. The zero-order chi connectivity index (χ0) is 11.6. The van der Waals surface area contributed by atoms with Crippen molar-refractivity contribution in [3.63, 3.8) is 0 Å². The fourth-order valence-electron chi connectivity index (χ4n) is 1.51. The van der Waals surface area contributed by atoms with E-state index in [0.29, 0.717) is 0 Å². The van der Waals surface area contributed by atoms with E-state index < -0.39 is 0 Å². The number of hydrogen-bond donors (Lipinski definition) is 0. The molecule has 1 aromatic rings. The Bertz CT molecular complexity index is 362.